The molecule has 0 nitrogen and oxygen atoms in total. The molecule has 0 unspecified atom stereocenters. The molecule has 21 heavy (non-hydrogen) atoms. The fourth-order valence-electron chi connectivity index (χ4n) is 4.68. The molecule has 0 amide bonds. The van der Waals surface area contributed by atoms with Crippen LogP contribution < -0.4 is 0 Å². The van der Waals surface area contributed by atoms with Crippen molar-refractivity contribution in [2.45, 2.75) is 94.5 Å². The minimum Gasteiger partial charge on any atom is -0.148 e. The van der Waals surface area contributed by atoms with E-state index in [-0.39, 0.29) is 7.92 Å². The summed E-state index contributed by atoms with van der Waals surface area (Å²) in [6, 6.07) is 4.67. The Kier molecular flexibility index (Phi) is 5.44. The fraction of sp³-hybridized carbons (Fsp3) is 0.789. The van der Waals surface area contributed by atoms with Gasteiger partial charge in [0, 0.05) is 10.0 Å². The van der Waals surface area contributed by atoms with Crippen LogP contribution in [0.15, 0.2) is 17.5 Å². The molecule has 118 valence electrons. The molecule has 0 aliphatic heterocycles. The maximum absolute atomic E-state index is 2.58. The molecule has 0 radical (unpaired) electrons. The van der Waals surface area contributed by atoms with Crippen molar-refractivity contribution in [3.05, 3.63) is 22.4 Å². The van der Waals surface area contributed by atoms with Crippen molar-refractivity contribution < 1.29 is 0 Å². The minimum absolute atomic E-state index is 0.120. The maximum atomic E-state index is 2.58. The van der Waals surface area contributed by atoms with E-state index in [4.69, 9.17) is 0 Å². The van der Waals surface area contributed by atoms with E-state index in [0.717, 1.165) is 11.3 Å². The highest BCUT2D eigenvalue weighted by molar-refractivity contribution is 7.60. The highest BCUT2D eigenvalue weighted by Crippen LogP contribution is 2.67. The van der Waals surface area contributed by atoms with Crippen molar-refractivity contribution in [2.24, 2.45) is 0 Å². The molecule has 0 spiro atoms. The number of rotatable bonds is 4. The first-order valence-corrected chi connectivity index (χ1v) is 11.4. The van der Waals surface area contributed by atoms with Crippen LogP contribution in [-0.2, 0) is 5.16 Å². The monoisotopic (exact) mass is 322 g/mol. The predicted octanol–water partition coefficient (Wildman–Crippen LogP) is 7.13. The van der Waals surface area contributed by atoms with Crippen LogP contribution in [0.5, 0.6) is 0 Å². The van der Waals surface area contributed by atoms with E-state index >= 15 is 0 Å². The normalized spacial score (nSPS) is 22.8. The number of thiophene rings is 1. The van der Waals surface area contributed by atoms with Gasteiger partial charge in [-0.1, -0.05) is 66.4 Å². The van der Waals surface area contributed by atoms with Crippen molar-refractivity contribution in [3.8, 4) is 0 Å². The molecule has 0 atom stereocenters. The van der Waals surface area contributed by atoms with Crippen LogP contribution in [0.4, 0.5) is 0 Å². The third-order valence-electron chi connectivity index (χ3n) is 5.71. The Morgan fingerprint density at radius 3 is 1.86 bits per heavy atom. The third kappa shape index (κ3) is 3.56. The molecule has 0 N–H and O–H groups in total. The van der Waals surface area contributed by atoms with Crippen molar-refractivity contribution >= 4 is 19.3 Å². The third-order valence-corrected chi connectivity index (χ3v) is 11.2. The van der Waals surface area contributed by atoms with E-state index in [1.54, 1.807) is 4.88 Å². The lowest BCUT2D eigenvalue weighted by molar-refractivity contribution is 0.475. The van der Waals surface area contributed by atoms with Gasteiger partial charge >= 0.3 is 0 Å². The number of hydrogen-bond donors (Lipinski definition) is 0. The molecule has 1 heterocycles. The van der Waals surface area contributed by atoms with Crippen LogP contribution in [-0.4, -0.2) is 11.3 Å². The Hall–Kier alpha value is 0.130. The predicted molar refractivity (Wildman–Crippen MR) is 98.0 cm³/mol. The molecular formula is C19H31PS. The standard InChI is InChI=1S/C19H31PS/c1-19(2,18-14-9-15-21-18)20(16-10-5-3-6-11-16)17-12-7-4-8-13-17/h9,14-17H,3-8,10-13H2,1-2H3. The Labute approximate surface area is 136 Å². The van der Waals surface area contributed by atoms with E-state index in [0.29, 0.717) is 5.16 Å². The van der Waals surface area contributed by atoms with E-state index in [1.807, 2.05) is 11.3 Å². The molecule has 2 fully saturated rings. The van der Waals surface area contributed by atoms with Gasteiger partial charge in [0.2, 0.25) is 0 Å². The second-order valence-electron chi connectivity index (χ2n) is 7.53. The molecule has 3 rings (SSSR count). The molecule has 0 aromatic carbocycles. The van der Waals surface area contributed by atoms with Crippen molar-refractivity contribution in [1.29, 1.82) is 0 Å². The van der Waals surface area contributed by atoms with Gasteiger partial charge in [-0.25, -0.2) is 0 Å². The second kappa shape index (κ2) is 7.14. The summed E-state index contributed by atoms with van der Waals surface area (Å²) in [6.45, 7) is 5.15. The van der Waals surface area contributed by atoms with Crippen LogP contribution in [0, 0.1) is 0 Å². The Morgan fingerprint density at radius 2 is 1.43 bits per heavy atom. The van der Waals surface area contributed by atoms with Crippen LogP contribution in [0.3, 0.4) is 0 Å². The van der Waals surface area contributed by atoms with Crippen LogP contribution >= 0.6 is 19.3 Å². The summed E-state index contributed by atoms with van der Waals surface area (Å²) in [7, 11) is 0.120. The topological polar surface area (TPSA) is 0 Å². The van der Waals surface area contributed by atoms with Gasteiger partial charge in [-0.15, -0.1) is 11.3 Å². The molecule has 0 saturated heterocycles. The lowest BCUT2D eigenvalue weighted by Crippen LogP contribution is -2.30. The highest BCUT2D eigenvalue weighted by Gasteiger charge is 2.42. The Morgan fingerprint density at radius 1 is 0.905 bits per heavy atom. The van der Waals surface area contributed by atoms with Gasteiger partial charge in [0.05, 0.1) is 0 Å². The Balaban J connectivity index is 1.86. The van der Waals surface area contributed by atoms with Gasteiger partial charge in [-0.2, -0.15) is 0 Å². The summed E-state index contributed by atoms with van der Waals surface area (Å²) >= 11 is 2.00. The SMILES string of the molecule is CC(C)(c1cccs1)P(C1CCCCC1)C1CCCCC1. The first kappa shape index (κ1) is 16.0. The zero-order valence-corrected chi connectivity index (χ0v) is 15.5. The van der Waals surface area contributed by atoms with Crippen molar-refractivity contribution in [3.63, 3.8) is 0 Å². The summed E-state index contributed by atoms with van der Waals surface area (Å²) in [5.74, 6) is 0. The lowest BCUT2D eigenvalue weighted by Gasteiger charge is -2.47. The van der Waals surface area contributed by atoms with Crippen LogP contribution in [0.25, 0.3) is 0 Å². The summed E-state index contributed by atoms with van der Waals surface area (Å²) in [4.78, 5) is 1.66. The van der Waals surface area contributed by atoms with Crippen LogP contribution in [0.2, 0.25) is 0 Å². The van der Waals surface area contributed by atoms with Gasteiger partial charge in [-0.3, -0.25) is 0 Å². The van der Waals surface area contributed by atoms with Crippen molar-refractivity contribution in [1.82, 2.24) is 0 Å². The second-order valence-corrected chi connectivity index (χ2v) is 11.9. The average Bonchev–Trinajstić information content (AvgIpc) is 3.04. The number of hydrogen-bond acceptors (Lipinski definition) is 1. The summed E-state index contributed by atoms with van der Waals surface area (Å²) < 4.78 is 0. The van der Waals surface area contributed by atoms with Gasteiger partial charge in [0.1, 0.15) is 0 Å². The Bertz CT molecular complexity index is 393. The van der Waals surface area contributed by atoms with Gasteiger partial charge in [0.25, 0.3) is 0 Å². The largest absolute Gasteiger partial charge is 0.148 e. The smallest absolute Gasteiger partial charge is 0.0197 e. The quantitative estimate of drug-likeness (QED) is 0.517. The van der Waals surface area contributed by atoms with E-state index in [2.05, 4.69) is 31.4 Å². The highest BCUT2D eigenvalue weighted by atomic mass is 32.1. The summed E-state index contributed by atoms with van der Waals surface area (Å²) in [6.07, 6.45) is 15.1. The molecule has 2 saturated carbocycles. The lowest BCUT2D eigenvalue weighted by atomic mass is 9.99. The molecule has 1 aromatic heterocycles. The molecular weight excluding hydrogens is 291 g/mol. The molecule has 2 heteroatoms. The first-order chi connectivity index (χ1) is 10.2. The van der Waals surface area contributed by atoms with Gasteiger partial charge < -0.3 is 0 Å². The van der Waals surface area contributed by atoms with E-state index in [9.17, 15) is 0 Å². The minimum atomic E-state index is 0.120. The average molecular weight is 322 g/mol. The zero-order chi connectivity index (χ0) is 14.7. The van der Waals surface area contributed by atoms with Crippen molar-refractivity contribution in [2.75, 3.05) is 0 Å². The summed E-state index contributed by atoms with van der Waals surface area (Å²) in [5, 5.41) is 2.72. The maximum Gasteiger partial charge on any atom is 0.0197 e. The first-order valence-electron chi connectivity index (χ1n) is 9.02. The fourth-order valence-corrected chi connectivity index (χ4v) is 10.5. The molecule has 1 aromatic rings. The molecule has 2 aliphatic carbocycles. The van der Waals surface area contributed by atoms with Gasteiger partial charge in [-0.05, 0) is 48.4 Å². The zero-order valence-electron chi connectivity index (χ0n) is 13.8. The van der Waals surface area contributed by atoms with E-state index < -0.39 is 0 Å². The van der Waals surface area contributed by atoms with E-state index in [1.165, 1.54) is 64.2 Å². The summed E-state index contributed by atoms with van der Waals surface area (Å²) in [5.41, 5.74) is 2.10. The van der Waals surface area contributed by atoms with Gasteiger partial charge in [0.15, 0.2) is 0 Å². The molecule has 0 bridgehead atoms. The molecule has 2 aliphatic rings. The van der Waals surface area contributed by atoms with Crippen LogP contribution in [0.1, 0.15) is 82.9 Å².